The number of hydrogen-bond acceptors (Lipinski definition) is 8. The number of piperidine rings is 1. The van der Waals surface area contributed by atoms with Gasteiger partial charge >= 0.3 is 13.7 Å². The van der Waals surface area contributed by atoms with Crippen LogP contribution in [0.25, 0.3) is 0 Å². The van der Waals surface area contributed by atoms with Gasteiger partial charge in [0.05, 0.1) is 11.5 Å². The number of nitrogens with one attached hydrogen (secondary N) is 2. The van der Waals surface area contributed by atoms with E-state index in [4.69, 9.17) is 9.47 Å². The molecule has 1 saturated heterocycles. The van der Waals surface area contributed by atoms with E-state index in [-0.39, 0.29) is 23.2 Å². The lowest BCUT2D eigenvalue weighted by molar-refractivity contribution is 0.0799. The zero-order valence-corrected chi connectivity index (χ0v) is 26.6. The van der Waals surface area contributed by atoms with E-state index in [1.807, 2.05) is 30.3 Å². The van der Waals surface area contributed by atoms with Crippen LogP contribution >= 0.6 is 7.60 Å². The number of hydrogen-bond donors (Lipinski definition) is 3. The molecule has 1 heterocycles. The van der Waals surface area contributed by atoms with Crippen LogP contribution < -0.4 is 14.8 Å². The molecule has 0 radical (unpaired) electrons. The summed E-state index contributed by atoms with van der Waals surface area (Å²) in [7, 11) is -7.63. The van der Waals surface area contributed by atoms with E-state index in [0.717, 1.165) is 31.9 Å². The van der Waals surface area contributed by atoms with Gasteiger partial charge < -0.3 is 29.1 Å². The first-order chi connectivity index (χ1) is 21.6. The molecule has 14 heteroatoms. The lowest BCUT2D eigenvalue weighted by Crippen LogP contribution is -2.43. The van der Waals surface area contributed by atoms with Crippen LogP contribution in [0.3, 0.4) is 0 Å². The molecule has 0 aromatic heterocycles. The molecule has 2 amide bonds. The quantitative estimate of drug-likeness (QED) is 0.214. The second kappa shape index (κ2) is 16.0. The van der Waals surface area contributed by atoms with Crippen LogP contribution in [-0.4, -0.2) is 69.3 Å². The number of benzene rings is 3. The van der Waals surface area contributed by atoms with Gasteiger partial charge in [0, 0.05) is 32.3 Å². The number of carbonyl (C=O) groups is 2. The Bertz CT molecular complexity index is 1550. The maximum atomic E-state index is 12.7. The average Bonchev–Trinajstić information content (AvgIpc) is 3.06. The average molecular weight is 660 g/mol. The summed E-state index contributed by atoms with van der Waals surface area (Å²) in [6, 6.07) is 23.3. The van der Waals surface area contributed by atoms with Gasteiger partial charge in [-0.3, -0.25) is 9.36 Å². The highest BCUT2D eigenvalue weighted by molar-refractivity contribution is 7.89. The lowest BCUT2D eigenvalue weighted by atomic mass is 9.94. The van der Waals surface area contributed by atoms with Crippen molar-refractivity contribution < 1.29 is 41.5 Å². The molecule has 4 rings (SSSR count). The molecule has 0 spiro atoms. The number of nitrogens with zero attached hydrogens (tertiary/aromatic N) is 1. The molecule has 3 aromatic rings. The molecular weight excluding hydrogens is 621 g/mol. The number of rotatable bonds is 14. The van der Waals surface area contributed by atoms with Crippen LogP contribution in [0.5, 0.6) is 5.75 Å². The van der Waals surface area contributed by atoms with Gasteiger partial charge in [-0.1, -0.05) is 48.5 Å². The Kier molecular flexibility index (Phi) is 12.1. The van der Waals surface area contributed by atoms with E-state index in [1.165, 1.54) is 24.3 Å². The number of amides is 2. The van der Waals surface area contributed by atoms with E-state index in [1.54, 1.807) is 35.2 Å². The molecule has 1 aliphatic heterocycles. The topological polar surface area (TPSA) is 161 Å². The first kappa shape index (κ1) is 34.1. The summed E-state index contributed by atoms with van der Waals surface area (Å²) in [5, 5.41) is 2.49. The van der Waals surface area contributed by atoms with Gasteiger partial charge in [-0.25, -0.2) is 13.2 Å². The molecule has 1 fully saturated rings. The molecule has 45 heavy (non-hydrogen) atoms. The van der Waals surface area contributed by atoms with E-state index < -0.39 is 35.9 Å². The number of carbonyl (C=O) groups excluding carboxylic acids is 2. The van der Waals surface area contributed by atoms with Crippen molar-refractivity contribution in [3.63, 3.8) is 0 Å². The van der Waals surface area contributed by atoms with Crippen molar-refractivity contribution in [1.29, 1.82) is 0 Å². The fourth-order valence-electron chi connectivity index (χ4n) is 4.75. The first-order valence-corrected chi connectivity index (χ1v) is 17.6. The van der Waals surface area contributed by atoms with Crippen molar-refractivity contribution in [2.24, 2.45) is 5.92 Å². The molecule has 1 aliphatic rings. The van der Waals surface area contributed by atoms with Crippen LogP contribution in [0.15, 0.2) is 89.8 Å². The Morgan fingerprint density at radius 2 is 1.60 bits per heavy atom. The van der Waals surface area contributed by atoms with Gasteiger partial charge in [0.2, 0.25) is 10.0 Å². The van der Waals surface area contributed by atoms with Crippen molar-refractivity contribution in [1.82, 2.24) is 14.9 Å². The second-order valence-corrected chi connectivity index (χ2v) is 14.4. The number of likely N-dealkylation sites (tertiary alicyclic amines) is 1. The molecule has 2 unspecified atom stereocenters. The molecule has 2 atom stereocenters. The summed E-state index contributed by atoms with van der Waals surface area (Å²) in [6.07, 6.45) is 2.23. The molecule has 0 saturated carbocycles. The molecule has 0 bridgehead atoms. The van der Waals surface area contributed by atoms with Crippen molar-refractivity contribution in [3.8, 4) is 5.75 Å². The zero-order chi connectivity index (χ0) is 32.3. The minimum atomic E-state index is -4.45. The number of ether oxygens (including phenoxy) is 2. The summed E-state index contributed by atoms with van der Waals surface area (Å²) in [5.41, 5.74) is 1.20. The normalized spacial score (nSPS) is 15.9. The third kappa shape index (κ3) is 10.1. The Morgan fingerprint density at radius 3 is 2.22 bits per heavy atom. The molecule has 3 N–H and O–H groups in total. The van der Waals surface area contributed by atoms with E-state index >= 15 is 0 Å². The van der Waals surface area contributed by atoms with Crippen LogP contribution in [0.4, 0.5) is 4.79 Å². The Morgan fingerprint density at radius 1 is 0.978 bits per heavy atom. The van der Waals surface area contributed by atoms with Gasteiger partial charge in [-0.15, -0.1) is 0 Å². The monoisotopic (exact) mass is 659 g/mol. The highest BCUT2D eigenvalue weighted by Gasteiger charge is 2.36. The van der Waals surface area contributed by atoms with Gasteiger partial charge in [-0.05, 0) is 67.1 Å². The smallest absolute Gasteiger partial charge is 0.410 e. The first-order valence-electron chi connectivity index (χ1n) is 14.5. The number of sulfonamides is 1. The molecule has 242 valence electrons. The van der Waals surface area contributed by atoms with Crippen molar-refractivity contribution in [2.45, 2.75) is 36.5 Å². The second-order valence-electron chi connectivity index (χ2n) is 10.5. The molecule has 0 aliphatic carbocycles. The molecular formula is C31H38N3O9PS. The largest absolute Gasteiger partial charge is 0.494 e. The minimum Gasteiger partial charge on any atom is -0.494 e. The fraction of sp³-hybridized carbons (Fsp3) is 0.355. The standard InChI is InChI=1S/C31H38N3O9PS/c1-41-44(37,38)29(33-45(39,40)28-10-6-3-7-11-28)22-32-30(35)26-12-14-27(15-13-26)42-21-18-24-16-19-34(20-17-24)31(36)43-23-25-8-4-2-5-9-25/h2-15,24,29,33H,16-23H2,1H3,(H,32,35)(H,37,38). The summed E-state index contributed by atoms with van der Waals surface area (Å²) in [5.74, 6) is -1.21. The van der Waals surface area contributed by atoms with Crippen LogP contribution in [0.1, 0.15) is 35.2 Å². The van der Waals surface area contributed by atoms with E-state index in [0.29, 0.717) is 31.4 Å². The predicted octanol–water partition coefficient (Wildman–Crippen LogP) is 4.37. The Hall–Kier alpha value is -3.74. The maximum Gasteiger partial charge on any atom is 0.410 e. The van der Waals surface area contributed by atoms with Gasteiger partial charge in [0.1, 0.15) is 18.1 Å². The van der Waals surface area contributed by atoms with Gasteiger partial charge in [0.25, 0.3) is 5.91 Å². The lowest BCUT2D eigenvalue weighted by Gasteiger charge is -2.31. The SMILES string of the molecule is COP(=O)(O)C(CNC(=O)c1ccc(OCCC2CCN(C(=O)OCc3ccccc3)CC2)cc1)NS(=O)(=O)c1ccccc1. The summed E-state index contributed by atoms with van der Waals surface area (Å²) in [6.45, 7) is 1.50. The summed E-state index contributed by atoms with van der Waals surface area (Å²) in [4.78, 5) is 37.0. The van der Waals surface area contributed by atoms with E-state index in [2.05, 4.69) is 14.6 Å². The van der Waals surface area contributed by atoms with Crippen molar-refractivity contribution in [2.75, 3.05) is 33.4 Å². The maximum absolute atomic E-state index is 12.7. The predicted molar refractivity (Wildman–Crippen MR) is 167 cm³/mol. The summed E-state index contributed by atoms with van der Waals surface area (Å²) < 4.78 is 56.1. The highest BCUT2D eigenvalue weighted by atomic mass is 32.2. The Labute approximate surface area is 263 Å². The minimum absolute atomic E-state index is 0.0993. The summed E-state index contributed by atoms with van der Waals surface area (Å²) >= 11 is 0. The van der Waals surface area contributed by atoms with Crippen molar-refractivity contribution in [3.05, 3.63) is 96.1 Å². The van der Waals surface area contributed by atoms with Crippen molar-refractivity contribution >= 4 is 29.6 Å². The Balaban J connectivity index is 1.19. The van der Waals surface area contributed by atoms with E-state index in [9.17, 15) is 27.5 Å². The van der Waals surface area contributed by atoms with Crippen LogP contribution in [0, 0.1) is 5.92 Å². The third-order valence-corrected chi connectivity index (χ3v) is 10.7. The van der Waals surface area contributed by atoms with Gasteiger partial charge in [-0.2, -0.15) is 4.72 Å². The third-order valence-electron chi connectivity index (χ3n) is 7.45. The molecule has 12 nitrogen and oxygen atoms in total. The van der Waals surface area contributed by atoms with Crippen LogP contribution in [0.2, 0.25) is 0 Å². The fourth-order valence-corrected chi connectivity index (χ4v) is 7.37. The van der Waals surface area contributed by atoms with Crippen LogP contribution in [-0.2, 0) is 30.5 Å². The van der Waals surface area contributed by atoms with Gasteiger partial charge in [0.15, 0.2) is 0 Å². The molecule has 3 aromatic carbocycles. The zero-order valence-electron chi connectivity index (χ0n) is 24.9. The highest BCUT2D eigenvalue weighted by Crippen LogP contribution is 2.45.